The first-order valence-electron chi connectivity index (χ1n) is 7.43. The molecule has 2 heterocycles. The summed E-state index contributed by atoms with van der Waals surface area (Å²) in [6.45, 7) is 4.07. The van der Waals surface area contributed by atoms with E-state index in [1.54, 1.807) is 6.92 Å². The second kappa shape index (κ2) is 7.14. The number of esters is 1. The molecular weight excluding hydrogens is 326 g/mol. The van der Waals surface area contributed by atoms with Gasteiger partial charge >= 0.3 is 5.97 Å². The van der Waals surface area contributed by atoms with Gasteiger partial charge in [-0.05, 0) is 26.0 Å². The van der Waals surface area contributed by atoms with E-state index in [4.69, 9.17) is 4.74 Å². The number of benzene rings is 1. The number of nitrogens with zero attached hydrogens (tertiary/aromatic N) is 3. The zero-order valence-electron chi connectivity index (χ0n) is 13.3. The van der Waals surface area contributed by atoms with Crippen molar-refractivity contribution >= 4 is 23.1 Å². The summed E-state index contributed by atoms with van der Waals surface area (Å²) >= 11 is 1.50. The van der Waals surface area contributed by atoms with E-state index in [1.807, 2.05) is 47.2 Å². The molecule has 0 saturated heterocycles. The van der Waals surface area contributed by atoms with Crippen LogP contribution < -0.4 is 10.2 Å². The molecule has 0 aliphatic rings. The lowest BCUT2D eigenvalue weighted by atomic mass is 10.3. The number of para-hydroxylation sites is 1. The number of nitrogens with one attached hydrogen (secondary N) is 2. The van der Waals surface area contributed by atoms with Gasteiger partial charge in [0.15, 0.2) is 11.5 Å². The summed E-state index contributed by atoms with van der Waals surface area (Å²) in [6, 6.07) is 9.94. The van der Waals surface area contributed by atoms with E-state index in [0.29, 0.717) is 12.4 Å². The first-order chi connectivity index (χ1) is 11.7. The summed E-state index contributed by atoms with van der Waals surface area (Å²) in [5.41, 5.74) is 5.18. The van der Waals surface area contributed by atoms with Gasteiger partial charge in [-0.3, -0.25) is 9.99 Å². The van der Waals surface area contributed by atoms with Crippen molar-refractivity contribution in [3.63, 3.8) is 0 Å². The van der Waals surface area contributed by atoms with Crippen molar-refractivity contribution in [1.29, 1.82) is 0 Å². The summed E-state index contributed by atoms with van der Waals surface area (Å²) < 4.78 is 7.00. The number of aromatic nitrogens is 3. The van der Waals surface area contributed by atoms with E-state index in [9.17, 15) is 4.79 Å². The number of thiazole rings is 1. The van der Waals surface area contributed by atoms with Crippen LogP contribution >= 0.6 is 11.3 Å². The third kappa shape index (κ3) is 3.23. The Balaban J connectivity index is 1.92. The van der Waals surface area contributed by atoms with E-state index in [0.717, 1.165) is 16.2 Å². The van der Waals surface area contributed by atoms with Crippen LogP contribution in [0.25, 0.3) is 5.69 Å². The van der Waals surface area contributed by atoms with Gasteiger partial charge in [-0.2, -0.15) is 0 Å². The van der Waals surface area contributed by atoms with Crippen LogP contribution in [0.2, 0.25) is 0 Å². The fourth-order valence-corrected chi connectivity index (χ4v) is 3.03. The predicted molar refractivity (Wildman–Crippen MR) is 92.1 cm³/mol. The van der Waals surface area contributed by atoms with E-state index < -0.39 is 5.97 Å². The summed E-state index contributed by atoms with van der Waals surface area (Å²) in [6.07, 6.45) is 1.43. The number of carbonyl (C=O) groups is 1. The molecule has 0 radical (unpaired) electrons. The second-order valence-electron chi connectivity index (χ2n) is 4.90. The molecular formula is C16H17N5O2S. The number of imidazole rings is 1. The van der Waals surface area contributed by atoms with Gasteiger partial charge in [-0.15, -0.1) is 16.4 Å². The Labute approximate surface area is 142 Å². The quantitative estimate of drug-likeness (QED) is 0.551. The standard InChI is InChI=1S/C16H17N5O2S/c1-3-23-15(22)13-14(18-10-17-13)19-20-16-21(11(2)9-24-16)12-7-5-4-6-8-12/h4-10,19H,3H2,1-2H3,(H,17,18). The molecule has 3 rings (SSSR count). The number of anilines is 1. The molecule has 0 saturated carbocycles. The molecule has 8 heteroatoms. The highest BCUT2D eigenvalue weighted by Crippen LogP contribution is 2.12. The Bertz CT molecular complexity index is 895. The molecule has 3 aromatic rings. The van der Waals surface area contributed by atoms with Gasteiger partial charge in [-0.25, -0.2) is 9.78 Å². The highest BCUT2D eigenvalue weighted by atomic mass is 32.1. The number of carbonyl (C=O) groups excluding carboxylic acids is 1. The van der Waals surface area contributed by atoms with Crippen molar-refractivity contribution in [2.24, 2.45) is 5.10 Å². The van der Waals surface area contributed by atoms with Crippen LogP contribution in [-0.2, 0) is 4.74 Å². The van der Waals surface area contributed by atoms with Gasteiger partial charge in [0.1, 0.15) is 0 Å². The van der Waals surface area contributed by atoms with Crippen LogP contribution in [0.3, 0.4) is 0 Å². The van der Waals surface area contributed by atoms with Gasteiger partial charge in [0.25, 0.3) is 0 Å². The first kappa shape index (κ1) is 16.0. The van der Waals surface area contributed by atoms with Gasteiger partial charge in [-0.1, -0.05) is 18.2 Å². The first-order valence-corrected chi connectivity index (χ1v) is 8.31. The predicted octanol–water partition coefficient (Wildman–Crippen LogP) is 2.67. The minimum absolute atomic E-state index is 0.250. The number of aryl methyl sites for hydroxylation is 1. The van der Waals surface area contributed by atoms with E-state index in [-0.39, 0.29) is 5.69 Å². The van der Waals surface area contributed by atoms with Gasteiger partial charge in [0.05, 0.1) is 12.9 Å². The maximum absolute atomic E-state index is 11.9. The largest absolute Gasteiger partial charge is 0.461 e. The van der Waals surface area contributed by atoms with Crippen molar-refractivity contribution in [1.82, 2.24) is 14.5 Å². The number of H-pyrrole nitrogens is 1. The van der Waals surface area contributed by atoms with Crippen LogP contribution in [0, 0.1) is 6.92 Å². The molecule has 7 nitrogen and oxygen atoms in total. The van der Waals surface area contributed by atoms with Crippen molar-refractivity contribution in [2.75, 3.05) is 12.0 Å². The van der Waals surface area contributed by atoms with E-state index in [1.165, 1.54) is 17.7 Å². The molecule has 2 aromatic heterocycles. The lowest BCUT2D eigenvalue weighted by Crippen LogP contribution is -2.16. The maximum atomic E-state index is 11.9. The Morgan fingerprint density at radius 3 is 2.96 bits per heavy atom. The van der Waals surface area contributed by atoms with Crippen molar-refractivity contribution in [3.8, 4) is 5.69 Å². The highest BCUT2D eigenvalue weighted by Gasteiger charge is 2.15. The molecule has 24 heavy (non-hydrogen) atoms. The summed E-state index contributed by atoms with van der Waals surface area (Å²) in [7, 11) is 0. The zero-order chi connectivity index (χ0) is 16.9. The number of rotatable bonds is 5. The monoisotopic (exact) mass is 343 g/mol. The molecule has 0 aliphatic heterocycles. The van der Waals surface area contributed by atoms with E-state index >= 15 is 0 Å². The van der Waals surface area contributed by atoms with Crippen LogP contribution in [-0.4, -0.2) is 27.1 Å². The molecule has 2 N–H and O–H groups in total. The Morgan fingerprint density at radius 2 is 2.21 bits per heavy atom. The van der Waals surface area contributed by atoms with Crippen molar-refractivity contribution < 1.29 is 9.53 Å². The number of hydrogen-bond donors (Lipinski definition) is 2. The summed E-state index contributed by atoms with van der Waals surface area (Å²) in [5, 5.41) is 6.41. The lowest BCUT2D eigenvalue weighted by Gasteiger charge is -2.05. The molecule has 0 aliphatic carbocycles. The van der Waals surface area contributed by atoms with Crippen LogP contribution in [0.5, 0.6) is 0 Å². The van der Waals surface area contributed by atoms with Crippen molar-refractivity contribution in [2.45, 2.75) is 13.8 Å². The fourth-order valence-electron chi connectivity index (χ4n) is 2.20. The molecule has 0 unspecified atom stereocenters. The molecule has 1 aromatic carbocycles. The van der Waals surface area contributed by atoms with Gasteiger partial charge in [0, 0.05) is 16.8 Å². The van der Waals surface area contributed by atoms with E-state index in [2.05, 4.69) is 20.5 Å². The average Bonchev–Trinajstić information content (AvgIpc) is 3.20. The number of hydrogen-bond acceptors (Lipinski definition) is 6. The van der Waals surface area contributed by atoms with Crippen LogP contribution in [0.15, 0.2) is 47.1 Å². The topological polar surface area (TPSA) is 84.3 Å². The normalized spacial score (nSPS) is 11.5. The van der Waals surface area contributed by atoms with Crippen LogP contribution in [0.1, 0.15) is 23.1 Å². The molecule has 0 amide bonds. The second-order valence-corrected chi connectivity index (χ2v) is 5.74. The third-order valence-electron chi connectivity index (χ3n) is 3.27. The average molecular weight is 343 g/mol. The fraction of sp³-hybridized carbons (Fsp3) is 0.188. The Morgan fingerprint density at radius 1 is 1.42 bits per heavy atom. The Hall–Kier alpha value is -2.87. The molecule has 0 bridgehead atoms. The molecule has 0 fully saturated rings. The molecule has 0 atom stereocenters. The highest BCUT2D eigenvalue weighted by molar-refractivity contribution is 7.07. The number of aromatic amines is 1. The van der Waals surface area contributed by atoms with Gasteiger partial charge in [0.2, 0.25) is 4.80 Å². The summed E-state index contributed by atoms with van der Waals surface area (Å²) in [5.74, 6) is -0.134. The molecule has 0 spiro atoms. The lowest BCUT2D eigenvalue weighted by molar-refractivity contribution is 0.0521. The molecule has 124 valence electrons. The van der Waals surface area contributed by atoms with Gasteiger partial charge < -0.3 is 9.72 Å². The third-order valence-corrected chi connectivity index (χ3v) is 4.21. The minimum Gasteiger partial charge on any atom is -0.461 e. The Kier molecular flexibility index (Phi) is 4.76. The maximum Gasteiger partial charge on any atom is 0.358 e. The summed E-state index contributed by atoms with van der Waals surface area (Å²) in [4.78, 5) is 19.4. The zero-order valence-corrected chi connectivity index (χ0v) is 14.1. The number of ether oxygens (including phenoxy) is 1. The SMILES string of the molecule is CCOC(=O)c1[nH]cnc1NN=c1scc(C)n1-c1ccccc1. The smallest absolute Gasteiger partial charge is 0.358 e. The van der Waals surface area contributed by atoms with Crippen molar-refractivity contribution in [3.05, 3.63) is 58.2 Å². The minimum atomic E-state index is -0.467. The van der Waals surface area contributed by atoms with Crippen LogP contribution in [0.4, 0.5) is 5.82 Å².